The molecule has 0 aliphatic rings. The number of thiazole rings is 1. The molecule has 0 bridgehead atoms. The average Bonchev–Trinajstić information content (AvgIpc) is 2.90. The molecule has 0 aliphatic heterocycles. The Kier molecular flexibility index (Phi) is 4.67. The Balaban J connectivity index is 1.74. The van der Waals surface area contributed by atoms with Crippen molar-refractivity contribution < 1.29 is 9.59 Å². The minimum Gasteiger partial charge on any atom is -0.375 e. The van der Waals surface area contributed by atoms with Crippen LogP contribution in [-0.2, 0) is 11.3 Å². The number of amides is 2. The van der Waals surface area contributed by atoms with Gasteiger partial charge in [-0.25, -0.2) is 4.98 Å². The molecule has 0 spiro atoms. The molecule has 0 unspecified atom stereocenters. The van der Waals surface area contributed by atoms with E-state index in [-0.39, 0.29) is 18.1 Å². The molecule has 1 heterocycles. The highest BCUT2D eigenvalue weighted by molar-refractivity contribution is 7.13. The maximum atomic E-state index is 11.6. The van der Waals surface area contributed by atoms with Gasteiger partial charge in [0.05, 0.1) is 6.54 Å². The van der Waals surface area contributed by atoms with Crippen molar-refractivity contribution >= 4 is 28.3 Å². The van der Waals surface area contributed by atoms with Gasteiger partial charge in [-0.05, 0) is 5.56 Å². The molecule has 0 saturated carbocycles. The van der Waals surface area contributed by atoms with Crippen LogP contribution < -0.4 is 16.4 Å². The van der Waals surface area contributed by atoms with Gasteiger partial charge in [-0.3, -0.25) is 9.59 Å². The number of aromatic nitrogens is 1. The van der Waals surface area contributed by atoms with Gasteiger partial charge in [-0.1, -0.05) is 30.3 Å². The molecule has 0 radical (unpaired) electrons. The van der Waals surface area contributed by atoms with Crippen LogP contribution in [0.25, 0.3) is 0 Å². The zero-order chi connectivity index (χ0) is 14.4. The summed E-state index contributed by atoms with van der Waals surface area (Å²) in [5.41, 5.74) is 6.66. The van der Waals surface area contributed by atoms with Crippen LogP contribution in [0.1, 0.15) is 16.1 Å². The Labute approximate surface area is 120 Å². The van der Waals surface area contributed by atoms with Crippen molar-refractivity contribution in [1.82, 2.24) is 15.6 Å². The van der Waals surface area contributed by atoms with E-state index in [0.717, 1.165) is 5.56 Å². The highest BCUT2D eigenvalue weighted by atomic mass is 32.1. The van der Waals surface area contributed by atoms with Gasteiger partial charge in [0.15, 0.2) is 5.13 Å². The number of hydrogen-bond acceptors (Lipinski definition) is 5. The van der Waals surface area contributed by atoms with E-state index in [0.29, 0.717) is 11.7 Å². The fourth-order valence-corrected chi connectivity index (χ4v) is 2.05. The number of anilines is 1. The van der Waals surface area contributed by atoms with Gasteiger partial charge in [0.25, 0.3) is 5.91 Å². The Morgan fingerprint density at radius 2 is 1.95 bits per heavy atom. The fourth-order valence-electron chi connectivity index (χ4n) is 1.50. The molecule has 2 rings (SSSR count). The summed E-state index contributed by atoms with van der Waals surface area (Å²) in [6, 6.07) is 9.53. The van der Waals surface area contributed by atoms with Crippen molar-refractivity contribution in [3.63, 3.8) is 0 Å². The zero-order valence-electron chi connectivity index (χ0n) is 10.6. The molecular weight excluding hydrogens is 276 g/mol. The van der Waals surface area contributed by atoms with E-state index in [9.17, 15) is 9.59 Å². The van der Waals surface area contributed by atoms with Crippen LogP contribution in [0.3, 0.4) is 0 Å². The zero-order valence-corrected chi connectivity index (χ0v) is 11.4. The summed E-state index contributed by atoms with van der Waals surface area (Å²) in [4.78, 5) is 27.1. The Morgan fingerprint density at radius 1 is 1.20 bits per heavy atom. The molecular formula is C13H14N4O2S. The van der Waals surface area contributed by atoms with Gasteiger partial charge in [0.2, 0.25) is 5.91 Å². The number of nitrogens with two attached hydrogens (primary N) is 1. The molecule has 1 aromatic carbocycles. The number of nitrogens with one attached hydrogen (secondary N) is 2. The number of rotatable bonds is 5. The average molecular weight is 290 g/mol. The third-order valence-electron chi connectivity index (χ3n) is 2.50. The molecule has 0 saturated heterocycles. The highest BCUT2D eigenvalue weighted by Crippen LogP contribution is 2.10. The van der Waals surface area contributed by atoms with Crippen LogP contribution >= 0.6 is 11.3 Å². The van der Waals surface area contributed by atoms with Gasteiger partial charge < -0.3 is 16.4 Å². The van der Waals surface area contributed by atoms with E-state index in [1.165, 1.54) is 11.3 Å². The third-order valence-corrected chi connectivity index (χ3v) is 3.17. The molecule has 0 aliphatic carbocycles. The molecule has 7 heteroatoms. The highest BCUT2D eigenvalue weighted by Gasteiger charge is 2.10. The Bertz CT molecular complexity index is 597. The van der Waals surface area contributed by atoms with Crippen molar-refractivity contribution in [3.05, 3.63) is 47.0 Å². The van der Waals surface area contributed by atoms with Crippen molar-refractivity contribution in [3.8, 4) is 0 Å². The van der Waals surface area contributed by atoms with E-state index in [2.05, 4.69) is 15.6 Å². The smallest absolute Gasteiger partial charge is 0.271 e. The molecule has 2 amide bonds. The lowest BCUT2D eigenvalue weighted by atomic mass is 10.2. The van der Waals surface area contributed by atoms with Gasteiger partial charge in [0, 0.05) is 11.9 Å². The second kappa shape index (κ2) is 6.67. The normalized spacial score (nSPS) is 10.0. The number of carbonyl (C=O) groups excluding carboxylic acids is 2. The SMILES string of the molecule is Nc1nc(C(=O)NCC(=O)NCc2ccccc2)cs1. The van der Waals surface area contributed by atoms with Crippen LogP contribution in [0.15, 0.2) is 35.7 Å². The lowest BCUT2D eigenvalue weighted by Crippen LogP contribution is -2.36. The summed E-state index contributed by atoms with van der Waals surface area (Å²) >= 11 is 1.18. The first-order chi connectivity index (χ1) is 9.65. The molecule has 0 atom stereocenters. The van der Waals surface area contributed by atoms with Crippen LogP contribution in [-0.4, -0.2) is 23.3 Å². The number of nitrogens with zero attached hydrogens (tertiary/aromatic N) is 1. The van der Waals surface area contributed by atoms with E-state index in [4.69, 9.17) is 5.73 Å². The molecule has 6 nitrogen and oxygen atoms in total. The van der Waals surface area contributed by atoms with Crippen LogP contribution in [0.4, 0.5) is 5.13 Å². The van der Waals surface area contributed by atoms with E-state index < -0.39 is 5.91 Å². The fraction of sp³-hybridized carbons (Fsp3) is 0.154. The standard InChI is InChI=1S/C13H14N4O2S/c14-13-17-10(8-20-13)12(19)16-7-11(18)15-6-9-4-2-1-3-5-9/h1-5,8H,6-7H2,(H2,14,17)(H,15,18)(H,16,19). The topological polar surface area (TPSA) is 97.1 Å². The molecule has 2 aromatic rings. The number of carbonyl (C=O) groups is 2. The lowest BCUT2D eigenvalue weighted by molar-refractivity contribution is -0.120. The quantitative estimate of drug-likeness (QED) is 0.757. The number of hydrogen-bond donors (Lipinski definition) is 3. The number of nitrogen functional groups attached to an aromatic ring is 1. The minimum absolute atomic E-state index is 0.0941. The van der Waals surface area contributed by atoms with Crippen molar-refractivity contribution in [2.75, 3.05) is 12.3 Å². The van der Waals surface area contributed by atoms with Crippen LogP contribution in [0, 0.1) is 0 Å². The second-order valence-corrected chi connectivity index (χ2v) is 4.91. The van der Waals surface area contributed by atoms with Crippen LogP contribution in [0.2, 0.25) is 0 Å². The van der Waals surface area contributed by atoms with Crippen molar-refractivity contribution in [1.29, 1.82) is 0 Å². The maximum Gasteiger partial charge on any atom is 0.271 e. The first kappa shape index (κ1) is 14.0. The third kappa shape index (κ3) is 4.06. The van der Waals surface area contributed by atoms with Gasteiger partial charge in [-0.15, -0.1) is 11.3 Å². The van der Waals surface area contributed by atoms with Crippen LogP contribution in [0.5, 0.6) is 0 Å². The monoisotopic (exact) mass is 290 g/mol. The molecule has 1 aromatic heterocycles. The van der Waals surface area contributed by atoms with E-state index in [1.54, 1.807) is 5.38 Å². The second-order valence-electron chi connectivity index (χ2n) is 4.02. The summed E-state index contributed by atoms with van der Waals surface area (Å²) in [6.07, 6.45) is 0. The van der Waals surface area contributed by atoms with Gasteiger partial charge in [0.1, 0.15) is 5.69 Å². The molecule has 0 fully saturated rings. The largest absolute Gasteiger partial charge is 0.375 e. The maximum absolute atomic E-state index is 11.6. The Hall–Kier alpha value is -2.41. The van der Waals surface area contributed by atoms with Crippen molar-refractivity contribution in [2.24, 2.45) is 0 Å². The van der Waals surface area contributed by atoms with Gasteiger partial charge >= 0.3 is 0 Å². The summed E-state index contributed by atoms with van der Waals surface area (Å²) < 4.78 is 0. The van der Waals surface area contributed by atoms with Gasteiger partial charge in [-0.2, -0.15) is 0 Å². The summed E-state index contributed by atoms with van der Waals surface area (Å²) in [6.45, 7) is 0.336. The van der Waals surface area contributed by atoms with E-state index >= 15 is 0 Å². The predicted octanol–water partition coefficient (Wildman–Crippen LogP) is 0.772. The minimum atomic E-state index is -0.409. The van der Waals surface area contributed by atoms with Crippen molar-refractivity contribution in [2.45, 2.75) is 6.54 Å². The molecule has 20 heavy (non-hydrogen) atoms. The molecule has 4 N–H and O–H groups in total. The summed E-state index contributed by atoms with van der Waals surface area (Å²) in [5.74, 6) is -0.668. The number of benzene rings is 1. The summed E-state index contributed by atoms with van der Waals surface area (Å²) in [7, 11) is 0. The first-order valence-electron chi connectivity index (χ1n) is 5.95. The summed E-state index contributed by atoms with van der Waals surface area (Å²) in [5, 5.41) is 7.07. The first-order valence-corrected chi connectivity index (χ1v) is 6.83. The predicted molar refractivity (Wildman–Crippen MR) is 77.1 cm³/mol. The Morgan fingerprint density at radius 3 is 2.60 bits per heavy atom. The molecule has 104 valence electrons. The lowest BCUT2D eigenvalue weighted by Gasteiger charge is -2.06. The van der Waals surface area contributed by atoms with E-state index in [1.807, 2.05) is 30.3 Å².